The number of anilines is 1. The van der Waals surface area contributed by atoms with E-state index in [9.17, 15) is 8.78 Å². The Balaban J connectivity index is 2.60. The molecule has 0 saturated carbocycles. The second kappa shape index (κ2) is 5.95. The number of fused-ring (bicyclic) bond motifs is 1. The number of hydrogen-bond acceptors (Lipinski definition) is 2. The second-order valence-electron chi connectivity index (χ2n) is 4.62. The molecule has 0 aliphatic rings. The molecule has 1 heterocycles. The molecule has 1 aromatic heterocycles. The maximum atomic E-state index is 13.8. The Morgan fingerprint density at radius 1 is 1.11 bits per heavy atom. The van der Waals surface area contributed by atoms with Gasteiger partial charge in [-0.1, -0.05) is 20.3 Å². The van der Waals surface area contributed by atoms with E-state index in [0.29, 0.717) is 5.39 Å². The fourth-order valence-electron chi connectivity index (χ4n) is 2.10. The number of hydrogen-bond donors (Lipinski definition) is 1. The predicted molar refractivity (Wildman–Crippen MR) is 74.4 cm³/mol. The van der Waals surface area contributed by atoms with E-state index in [2.05, 4.69) is 10.3 Å². The van der Waals surface area contributed by atoms with Crippen molar-refractivity contribution in [3.8, 4) is 0 Å². The van der Waals surface area contributed by atoms with Crippen LogP contribution in [-0.2, 0) is 6.42 Å². The molecule has 1 aromatic carbocycles. The van der Waals surface area contributed by atoms with Crippen LogP contribution in [0.4, 0.5) is 14.5 Å². The van der Waals surface area contributed by atoms with Crippen molar-refractivity contribution in [2.45, 2.75) is 33.1 Å². The minimum Gasteiger partial charge on any atom is -0.384 e. The lowest BCUT2D eigenvalue weighted by molar-refractivity contribution is 0.590. The van der Waals surface area contributed by atoms with Crippen molar-refractivity contribution < 1.29 is 8.78 Å². The third-order valence-corrected chi connectivity index (χ3v) is 2.96. The molecule has 2 nitrogen and oxygen atoms in total. The van der Waals surface area contributed by atoms with Crippen molar-refractivity contribution in [3.05, 3.63) is 35.5 Å². The van der Waals surface area contributed by atoms with Gasteiger partial charge in [-0.2, -0.15) is 0 Å². The Bertz CT molecular complexity index is 582. The molecule has 19 heavy (non-hydrogen) atoms. The number of pyridine rings is 1. The van der Waals surface area contributed by atoms with Gasteiger partial charge in [0.1, 0.15) is 11.3 Å². The minimum absolute atomic E-state index is 0.242. The lowest BCUT2D eigenvalue weighted by Crippen LogP contribution is -2.04. The van der Waals surface area contributed by atoms with Gasteiger partial charge in [0, 0.05) is 29.4 Å². The van der Waals surface area contributed by atoms with E-state index >= 15 is 0 Å². The van der Waals surface area contributed by atoms with Gasteiger partial charge in [0.2, 0.25) is 0 Å². The zero-order valence-corrected chi connectivity index (χ0v) is 11.3. The summed E-state index contributed by atoms with van der Waals surface area (Å²) in [5, 5.41) is 3.72. The first-order valence-corrected chi connectivity index (χ1v) is 6.68. The Morgan fingerprint density at radius 2 is 1.89 bits per heavy atom. The van der Waals surface area contributed by atoms with Crippen molar-refractivity contribution in [2.75, 3.05) is 11.9 Å². The van der Waals surface area contributed by atoms with Crippen molar-refractivity contribution in [1.82, 2.24) is 4.98 Å². The average molecular weight is 264 g/mol. The highest BCUT2D eigenvalue weighted by molar-refractivity contribution is 5.91. The van der Waals surface area contributed by atoms with Crippen LogP contribution in [0.5, 0.6) is 0 Å². The van der Waals surface area contributed by atoms with Crippen molar-refractivity contribution >= 4 is 16.6 Å². The number of aryl methyl sites for hydroxylation is 1. The lowest BCUT2D eigenvalue weighted by atomic mass is 10.1. The van der Waals surface area contributed by atoms with Crippen LogP contribution in [0.15, 0.2) is 18.2 Å². The zero-order chi connectivity index (χ0) is 13.8. The van der Waals surface area contributed by atoms with Crippen LogP contribution in [0.3, 0.4) is 0 Å². The summed E-state index contributed by atoms with van der Waals surface area (Å²) in [6.45, 7) is 4.86. The summed E-state index contributed by atoms with van der Waals surface area (Å²) in [7, 11) is 0. The molecule has 0 atom stereocenters. The summed E-state index contributed by atoms with van der Waals surface area (Å²) < 4.78 is 27.2. The van der Waals surface area contributed by atoms with E-state index in [1.165, 1.54) is 6.07 Å². The second-order valence-corrected chi connectivity index (χ2v) is 4.62. The number of nitrogens with zero attached hydrogens (tertiary/aromatic N) is 1. The van der Waals surface area contributed by atoms with Crippen molar-refractivity contribution in [1.29, 1.82) is 0 Å². The highest BCUT2D eigenvalue weighted by Gasteiger charge is 2.11. The molecule has 102 valence electrons. The quantitative estimate of drug-likeness (QED) is 0.871. The van der Waals surface area contributed by atoms with Gasteiger partial charge < -0.3 is 5.32 Å². The Morgan fingerprint density at radius 3 is 2.58 bits per heavy atom. The fourth-order valence-corrected chi connectivity index (χ4v) is 2.10. The molecule has 0 spiro atoms. The standard InChI is InChI=1S/C15H18F2N2/c1-3-5-11-9-14(18-6-4-2)12-7-10(16)8-13(17)15(12)19-11/h7-9H,3-6H2,1-2H3,(H,18,19). The molecule has 0 fully saturated rings. The van der Waals surface area contributed by atoms with Gasteiger partial charge in [-0.15, -0.1) is 0 Å². The Kier molecular flexibility index (Phi) is 4.30. The zero-order valence-electron chi connectivity index (χ0n) is 11.3. The summed E-state index contributed by atoms with van der Waals surface area (Å²) in [6, 6.07) is 4.11. The maximum Gasteiger partial charge on any atom is 0.152 e. The smallest absolute Gasteiger partial charge is 0.152 e. The molecular weight excluding hydrogens is 246 g/mol. The molecule has 4 heteroatoms. The summed E-state index contributed by atoms with van der Waals surface area (Å²) in [6.07, 6.45) is 2.67. The molecule has 0 aliphatic heterocycles. The maximum absolute atomic E-state index is 13.8. The summed E-state index contributed by atoms with van der Waals surface area (Å²) in [5.74, 6) is -1.18. The van der Waals surface area contributed by atoms with E-state index < -0.39 is 11.6 Å². The number of aromatic nitrogens is 1. The third-order valence-electron chi connectivity index (χ3n) is 2.96. The first-order chi connectivity index (χ1) is 9.15. The van der Waals surface area contributed by atoms with Crippen molar-refractivity contribution in [2.24, 2.45) is 0 Å². The van der Waals surface area contributed by atoms with Gasteiger partial charge in [0.25, 0.3) is 0 Å². The molecule has 2 rings (SSSR count). The van der Waals surface area contributed by atoms with Gasteiger partial charge in [-0.25, -0.2) is 13.8 Å². The molecule has 0 bridgehead atoms. The molecule has 0 unspecified atom stereocenters. The van der Waals surface area contributed by atoms with Gasteiger partial charge >= 0.3 is 0 Å². The first-order valence-electron chi connectivity index (χ1n) is 6.68. The van der Waals surface area contributed by atoms with Crippen LogP contribution in [0, 0.1) is 11.6 Å². The van der Waals surface area contributed by atoms with Crippen LogP contribution in [0.1, 0.15) is 32.4 Å². The molecule has 0 amide bonds. The summed E-state index contributed by atoms with van der Waals surface area (Å²) in [4.78, 5) is 4.29. The lowest BCUT2D eigenvalue weighted by Gasteiger charge is -2.11. The van der Waals surface area contributed by atoms with Crippen LogP contribution < -0.4 is 5.32 Å². The predicted octanol–water partition coefficient (Wildman–Crippen LogP) is 4.29. The SMILES string of the molecule is CCCNc1cc(CCC)nc2c(F)cc(F)cc12. The molecular formula is C15H18F2N2. The van der Waals surface area contributed by atoms with E-state index in [1.54, 1.807) is 0 Å². The summed E-state index contributed by atoms with van der Waals surface area (Å²) in [5.41, 5.74) is 1.83. The van der Waals surface area contributed by atoms with Crippen LogP contribution in [0.25, 0.3) is 10.9 Å². The first kappa shape index (κ1) is 13.7. The number of halogens is 2. The molecule has 1 N–H and O–H groups in total. The highest BCUT2D eigenvalue weighted by Crippen LogP contribution is 2.27. The molecule has 0 radical (unpaired) electrons. The van der Waals surface area contributed by atoms with E-state index in [4.69, 9.17) is 0 Å². The van der Waals surface area contributed by atoms with Crippen LogP contribution in [0.2, 0.25) is 0 Å². The number of benzene rings is 1. The largest absolute Gasteiger partial charge is 0.384 e. The van der Waals surface area contributed by atoms with Crippen molar-refractivity contribution in [3.63, 3.8) is 0 Å². The molecule has 2 aromatic rings. The van der Waals surface area contributed by atoms with E-state index in [1.807, 2.05) is 19.9 Å². The molecule has 0 aliphatic carbocycles. The average Bonchev–Trinajstić information content (AvgIpc) is 2.37. The monoisotopic (exact) mass is 264 g/mol. The van der Waals surface area contributed by atoms with Gasteiger partial charge in [-0.3, -0.25) is 0 Å². The van der Waals surface area contributed by atoms with Crippen LogP contribution >= 0.6 is 0 Å². The highest BCUT2D eigenvalue weighted by atomic mass is 19.1. The van der Waals surface area contributed by atoms with Crippen LogP contribution in [-0.4, -0.2) is 11.5 Å². The number of rotatable bonds is 5. The molecule has 0 saturated heterocycles. The third kappa shape index (κ3) is 3.00. The summed E-state index contributed by atoms with van der Waals surface area (Å²) >= 11 is 0. The van der Waals surface area contributed by atoms with Gasteiger partial charge in [0.05, 0.1) is 0 Å². The van der Waals surface area contributed by atoms with E-state index in [0.717, 1.165) is 43.3 Å². The normalized spacial score (nSPS) is 10.9. The Labute approximate surface area is 111 Å². The van der Waals surface area contributed by atoms with Gasteiger partial charge in [-0.05, 0) is 25.0 Å². The Hall–Kier alpha value is -1.71. The van der Waals surface area contributed by atoms with Gasteiger partial charge in [0.15, 0.2) is 5.82 Å². The number of nitrogens with one attached hydrogen (secondary N) is 1. The minimum atomic E-state index is -0.604. The fraction of sp³-hybridized carbons (Fsp3) is 0.400. The topological polar surface area (TPSA) is 24.9 Å². The van der Waals surface area contributed by atoms with E-state index in [-0.39, 0.29) is 5.52 Å².